The summed E-state index contributed by atoms with van der Waals surface area (Å²) in [6, 6.07) is 2.81. The van der Waals surface area contributed by atoms with E-state index in [9.17, 15) is 25.2 Å². The molecule has 0 spiro atoms. The summed E-state index contributed by atoms with van der Waals surface area (Å²) < 4.78 is 21.1. The number of benzene rings is 1. The van der Waals surface area contributed by atoms with E-state index in [1.807, 2.05) is 0 Å². The molecule has 0 aliphatic carbocycles. The fourth-order valence-corrected chi connectivity index (χ4v) is 2.60. The molecule has 0 aromatic heterocycles. The Morgan fingerprint density at radius 3 is 2.08 bits per heavy atom. The molecule has 25 heavy (non-hydrogen) atoms. The van der Waals surface area contributed by atoms with Crippen LogP contribution in [-0.4, -0.2) is 77.7 Å². The second kappa shape index (κ2) is 7.98. The van der Waals surface area contributed by atoms with E-state index in [-0.39, 0.29) is 28.6 Å². The number of carbonyl (C=O) groups excluding carboxylic acids is 1. The van der Waals surface area contributed by atoms with Crippen molar-refractivity contribution in [3.8, 4) is 17.2 Å². The first-order valence-electron chi connectivity index (χ1n) is 7.58. The van der Waals surface area contributed by atoms with Crippen LogP contribution in [0, 0.1) is 0 Å². The third-order valence-electron chi connectivity index (χ3n) is 3.93. The van der Waals surface area contributed by atoms with Gasteiger partial charge in [-0.25, -0.2) is 0 Å². The lowest BCUT2D eigenvalue weighted by Gasteiger charge is -2.39. The molecule has 140 valence electrons. The van der Waals surface area contributed by atoms with Gasteiger partial charge in [-0.1, -0.05) is 0 Å². The van der Waals surface area contributed by atoms with Gasteiger partial charge in [0, 0.05) is 12.1 Å². The Balaban J connectivity index is 2.31. The number of ketones is 1. The summed E-state index contributed by atoms with van der Waals surface area (Å²) in [4.78, 5) is 11.8. The molecule has 1 heterocycles. The van der Waals surface area contributed by atoms with E-state index in [0.717, 1.165) is 0 Å². The van der Waals surface area contributed by atoms with Crippen molar-refractivity contribution < 1.29 is 44.2 Å². The van der Waals surface area contributed by atoms with Crippen LogP contribution in [0.3, 0.4) is 0 Å². The van der Waals surface area contributed by atoms with Gasteiger partial charge in [0.2, 0.25) is 6.29 Å². The highest BCUT2D eigenvalue weighted by molar-refractivity contribution is 6.00. The standard InChI is InChI=1S/C16H22O9/c1-7(18)12-9(22-2)4-8(5-10(12)23-3)24-16-15(21)14(20)13(19)11(6-17)25-16/h4-5,11,13-17,19-21H,6H2,1-3H3. The fourth-order valence-electron chi connectivity index (χ4n) is 2.60. The largest absolute Gasteiger partial charge is 0.496 e. The number of aliphatic hydroxyl groups is 4. The maximum Gasteiger partial charge on any atom is 0.229 e. The van der Waals surface area contributed by atoms with Gasteiger partial charge >= 0.3 is 0 Å². The third-order valence-corrected chi connectivity index (χ3v) is 3.93. The van der Waals surface area contributed by atoms with E-state index in [1.54, 1.807) is 0 Å². The first kappa shape index (κ1) is 19.4. The Hall–Kier alpha value is -1.91. The Morgan fingerprint density at radius 2 is 1.64 bits per heavy atom. The Morgan fingerprint density at radius 1 is 1.08 bits per heavy atom. The maximum atomic E-state index is 11.8. The molecule has 0 saturated carbocycles. The summed E-state index contributed by atoms with van der Waals surface area (Å²) in [5, 5.41) is 38.8. The number of hydrogen-bond donors (Lipinski definition) is 4. The van der Waals surface area contributed by atoms with Gasteiger partial charge in [0.1, 0.15) is 47.2 Å². The van der Waals surface area contributed by atoms with Crippen LogP contribution in [0.15, 0.2) is 12.1 Å². The second-order valence-corrected chi connectivity index (χ2v) is 5.57. The lowest BCUT2D eigenvalue weighted by Crippen LogP contribution is -2.60. The Labute approximate surface area is 144 Å². The maximum absolute atomic E-state index is 11.8. The van der Waals surface area contributed by atoms with E-state index in [4.69, 9.17) is 18.9 Å². The number of rotatable bonds is 6. The Bertz CT molecular complexity index is 591. The quantitative estimate of drug-likeness (QED) is 0.476. The van der Waals surface area contributed by atoms with Gasteiger partial charge in [-0.05, 0) is 6.92 Å². The summed E-state index contributed by atoms with van der Waals surface area (Å²) in [7, 11) is 2.75. The molecular formula is C16H22O9. The molecule has 1 aliphatic rings. The molecule has 1 aliphatic heterocycles. The predicted molar refractivity (Wildman–Crippen MR) is 83.9 cm³/mol. The van der Waals surface area contributed by atoms with Crippen molar-refractivity contribution in [2.45, 2.75) is 37.6 Å². The molecule has 1 aromatic rings. The molecule has 0 radical (unpaired) electrons. The third kappa shape index (κ3) is 3.86. The van der Waals surface area contributed by atoms with Gasteiger partial charge in [-0.2, -0.15) is 0 Å². The molecular weight excluding hydrogens is 336 g/mol. The summed E-state index contributed by atoms with van der Waals surface area (Å²) in [5.41, 5.74) is 0.228. The van der Waals surface area contributed by atoms with Crippen LogP contribution in [0.4, 0.5) is 0 Å². The van der Waals surface area contributed by atoms with Crippen molar-refractivity contribution in [1.82, 2.24) is 0 Å². The first-order valence-corrected chi connectivity index (χ1v) is 7.58. The lowest BCUT2D eigenvalue weighted by atomic mass is 9.99. The summed E-state index contributed by atoms with van der Waals surface area (Å²) in [6.07, 6.45) is -7.04. The summed E-state index contributed by atoms with van der Waals surface area (Å²) in [6.45, 7) is 0.791. The number of methoxy groups -OCH3 is 2. The highest BCUT2D eigenvalue weighted by Gasteiger charge is 2.44. The van der Waals surface area contributed by atoms with Gasteiger partial charge in [0.25, 0.3) is 0 Å². The van der Waals surface area contributed by atoms with Crippen LogP contribution < -0.4 is 14.2 Å². The average molecular weight is 358 g/mol. The molecule has 4 N–H and O–H groups in total. The van der Waals surface area contributed by atoms with E-state index in [0.29, 0.717) is 0 Å². The molecule has 1 aromatic carbocycles. The van der Waals surface area contributed by atoms with Crippen molar-refractivity contribution in [2.75, 3.05) is 20.8 Å². The summed E-state index contributed by atoms with van der Waals surface area (Å²) in [5.74, 6) is 0.272. The first-order chi connectivity index (χ1) is 11.8. The van der Waals surface area contributed by atoms with E-state index < -0.39 is 37.3 Å². The van der Waals surface area contributed by atoms with Crippen molar-refractivity contribution >= 4 is 5.78 Å². The average Bonchev–Trinajstić information content (AvgIpc) is 2.60. The SMILES string of the molecule is COc1cc(OC2OC(CO)C(O)C(O)C2O)cc(OC)c1C(C)=O. The van der Waals surface area contributed by atoms with Crippen molar-refractivity contribution in [3.05, 3.63) is 17.7 Å². The van der Waals surface area contributed by atoms with E-state index in [1.165, 1.54) is 33.3 Å². The van der Waals surface area contributed by atoms with E-state index in [2.05, 4.69) is 0 Å². The van der Waals surface area contributed by atoms with Crippen molar-refractivity contribution in [1.29, 1.82) is 0 Å². The number of Topliss-reactive ketones (excluding diaryl/α,β-unsaturated/α-hetero) is 1. The van der Waals surface area contributed by atoms with Crippen molar-refractivity contribution in [3.63, 3.8) is 0 Å². The molecule has 9 heteroatoms. The highest BCUT2D eigenvalue weighted by Crippen LogP contribution is 2.35. The van der Waals surface area contributed by atoms with Crippen LogP contribution in [0.1, 0.15) is 17.3 Å². The van der Waals surface area contributed by atoms with Crippen LogP contribution in [-0.2, 0) is 4.74 Å². The summed E-state index contributed by atoms with van der Waals surface area (Å²) >= 11 is 0. The molecule has 1 fully saturated rings. The number of aliphatic hydroxyl groups excluding tert-OH is 4. The molecule has 0 amide bonds. The minimum absolute atomic E-state index is 0.142. The minimum Gasteiger partial charge on any atom is -0.496 e. The molecule has 2 rings (SSSR count). The van der Waals surface area contributed by atoms with Gasteiger partial charge in [-0.15, -0.1) is 0 Å². The highest BCUT2D eigenvalue weighted by atomic mass is 16.7. The topological polar surface area (TPSA) is 135 Å². The van der Waals surface area contributed by atoms with Crippen LogP contribution in [0.2, 0.25) is 0 Å². The normalized spacial score (nSPS) is 29.2. The molecule has 5 atom stereocenters. The number of carbonyl (C=O) groups is 1. The fraction of sp³-hybridized carbons (Fsp3) is 0.562. The van der Waals surface area contributed by atoms with Gasteiger partial charge in [0.05, 0.1) is 20.8 Å². The van der Waals surface area contributed by atoms with Crippen LogP contribution in [0.25, 0.3) is 0 Å². The van der Waals surface area contributed by atoms with Gasteiger partial charge in [0.15, 0.2) is 5.78 Å². The van der Waals surface area contributed by atoms with Crippen LogP contribution in [0.5, 0.6) is 17.2 Å². The zero-order valence-corrected chi connectivity index (χ0v) is 14.1. The van der Waals surface area contributed by atoms with Crippen LogP contribution >= 0.6 is 0 Å². The van der Waals surface area contributed by atoms with Crippen molar-refractivity contribution in [2.24, 2.45) is 0 Å². The minimum atomic E-state index is -1.56. The van der Waals surface area contributed by atoms with Gasteiger partial charge < -0.3 is 39.4 Å². The van der Waals surface area contributed by atoms with E-state index >= 15 is 0 Å². The molecule has 1 saturated heterocycles. The van der Waals surface area contributed by atoms with Gasteiger partial charge in [-0.3, -0.25) is 4.79 Å². The zero-order valence-electron chi connectivity index (χ0n) is 14.1. The smallest absolute Gasteiger partial charge is 0.229 e. The monoisotopic (exact) mass is 358 g/mol. The molecule has 5 unspecified atom stereocenters. The predicted octanol–water partition coefficient (Wildman–Crippen LogP) is -0.915. The molecule has 0 bridgehead atoms. The molecule has 9 nitrogen and oxygen atoms in total. The number of hydrogen-bond acceptors (Lipinski definition) is 9. The lowest BCUT2D eigenvalue weighted by molar-refractivity contribution is -0.277. The second-order valence-electron chi connectivity index (χ2n) is 5.57. The number of ether oxygens (including phenoxy) is 4. The zero-order chi connectivity index (χ0) is 18.7. The Kier molecular flexibility index (Phi) is 6.20.